The third-order valence-electron chi connectivity index (χ3n) is 7.78. The molecule has 0 spiro atoms. The van der Waals surface area contributed by atoms with E-state index in [0.29, 0.717) is 24.6 Å². The summed E-state index contributed by atoms with van der Waals surface area (Å²) in [5.74, 6) is -0.459. The minimum Gasteiger partial charge on any atom is -0.497 e. The largest absolute Gasteiger partial charge is 0.497 e. The number of hydrogen-bond donors (Lipinski definition) is 3. The van der Waals surface area contributed by atoms with Gasteiger partial charge in [0.1, 0.15) is 11.8 Å². The normalized spacial score (nSPS) is 18.6. The number of carbonyl (C=O) groups excluding carboxylic acids is 2. The van der Waals surface area contributed by atoms with Gasteiger partial charge in [-0.25, -0.2) is 0 Å². The molecule has 0 saturated heterocycles. The molecule has 238 valence electrons. The zero-order valence-corrected chi connectivity index (χ0v) is 26.6. The Morgan fingerprint density at radius 1 is 1.02 bits per heavy atom. The smallest absolute Gasteiger partial charge is 0.303 e. The molecule has 0 radical (unpaired) electrons. The third-order valence-corrected chi connectivity index (χ3v) is 7.78. The van der Waals surface area contributed by atoms with Crippen molar-refractivity contribution in [2.24, 2.45) is 5.92 Å². The van der Waals surface area contributed by atoms with Gasteiger partial charge in [0.2, 0.25) is 5.91 Å². The first-order valence-electron chi connectivity index (χ1n) is 15.4. The molecule has 1 aliphatic carbocycles. The second-order valence-electron chi connectivity index (χ2n) is 11.5. The van der Waals surface area contributed by atoms with E-state index in [2.05, 4.69) is 24.3 Å². The Hall–Kier alpha value is -3.43. The maximum Gasteiger partial charge on any atom is 0.303 e. The highest BCUT2D eigenvalue weighted by Gasteiger charge is 2.40. The van der Waals surface area contributed by atoms with Crippen molar-refractivity contribution in [2.45, 2.75) is 76.9 Å². The summed E-state index contributed by atoms with van der Waals surface area (Å²) in [5, 5.41) is 22.8. The van der Waals surface area contributed by atoms with Gasteiger partial charge in [-0.2, -0.15) is 0 Å². The maximum absolute atomic E-state index is 12.7. The molecule has 1 saturated carbocycles. The van der Waals surface area contributed by atoms with Gasteiger partial charge in [-0.1, -0.05) is 57.0 Å². The Kier molecular flexibility index (Phi) is 15.2. The number of rotatable bonds is 14. The van der Waals surface area contributed by atoms with Crippen LogP contribution >= 0.6 is 0 Å². The van der Waals surface area contributed by atoms with Crippen molar-refractivity contribution < 1.29 is 29.3 Å². The predicted molar refractivity (Wildman–Crippen MR) is 169 cm³/mol. The van der Waals surface area contributed by atoms with Gasteiger partial charge in [-0.05, 0) is 76.0 Å². The molecule has 1 fully saturated rings. The fourth-order valence-corrected chi connectivity index (χ4v) is 5.63. The molecular formula is C34H51N3O6. The number of nitrogens with zero attached hydrogens (tertiary/aromatic N) is 2. The Bertz CT molecular complexity index is 1140. The SMILES string of the molecule is CCCN(CCC)C(=O)C(CCC(=O)O)NC(=O)c1ccccc1.COc1cccc([C@@]2(O)CCCC[C@@H]2CN(C)C)c1. The lowest BCUT2D eigenvalue weighted by Gasteiger charge is -2.41. The van der Waals surface area contributed by atoms with Crippen molar-refractivity contribution >= 4 is 17.8 Å². The molecule has 2 aromatic rings. The Balaban J connectivity index is 0.000000307. The van der Waals surface area contributed by atoms with Gasteiger partial charge in [0.05, 0.1) is 12.7 Å². The highest BCUT2D eigenvalue weighted by atomic mass is 16.5. The molecule has 0 aliphatic heterocycles. The molecule has 3 N–H and O–H groups in total. The van der Waals surface area contributed by atoms with Crippen molar-refractivity contribution in [2.75, 3.05) is 40.8 Å². The van der Waals surface area contributed by atoms with E-state index in [1.54, 1.807) is 42.3 Å². The number of aliphatic hydroxyl groups is 1. The molecule has 0 heterocycles. The van der Waals surface area contributed by atoms with Gasteiger partial charge in [-0.3, -0.25) is 14.4 Å². The Morgan fingerprint density at radius 3 is 2.28 bits per heavy atom. The first-order valence-corrected chi connectivity index (χ1v) is 15.4. The number of methoxy groups -OCH3 is 1. The quantitative estimate of drug-likeness (QED) is 0.282. The lowest BCUT2D eigenvalue weighted by atomic mass is 9.71. The average Bonchev–Trinajstić information content (AvgIpc) is 3.00. The molecule has 9 nitrogen and oxygen atoms in total. The van der Waals surface area contributed by atoms with Crippen LogP contribution in [0, 0.1) is 5.92 Å². The van der Waals surface area contributed by atoms with E-state index in [0.717, 1.165) is 50.0 Å². The molecule has 1 aliphatic rings. The number of benzene rings is 2. The summed E-state index contributed by atoms with van der Waals surface area (Å²) in [6.07, 6.45) is 5.77. The highest BCUT2D eigenvalue weighted by molar-refractivity contribution is 5.97. The van der Waals surface area contributed by atoms with Gasteiger partial charge >= 0.3 is 5.97 Å². The van der Waals surface area contributed by atoms with Gasteiger partial charge in [-0.15, -0.1) is 0 Å². The number of carboxylic acids is 1. The van der Waals surface area contributed by atoms with E-state index in [9.17, 15) is 19.5 Å². The molecule has 0 aromatic heterocycles. The van der Waals surface area contributed by atoms with E-state index in [4.69, 9.17) is 9.84 Å². The molecule has 43 heavy (non-hydrogen) atoms. The van der Waals surface area contributed by atoms with Crippen LogP contribution in [0.1, 0.15) is 81.1 Å². The summed E-state index contributed by atoms with van der Waals surface area (Å²) in [6, 6.07) is 15.7. The fraction of sp³-hybridized carbons (Fsp3) is 0.559. The zero-order chi connectivity index (χ0) is 31.8. The van der Waals surface area contributed by atoms with Crippen LogP contribution in [-0.4, -0.2) is 84.7 Å². The lowest BCUT2D eigenvalue weighted by molar-refractivity contribution is -0.138. The lowest BCUT2D eigenvalue weighted by Crippen LogP contribution is -2.49. The van der Waals surface area contributed by atoms with Gasteiger partial charge in [0, 0.05) is 37.5 Å². The fourth-order valence-electron chi connectivity index (χ4n) is 5.63. The van der Waals surface area contributed by atoms with Crippen LogP contribution in [-0.2, 0) is 15.2 Å². The zero-order valence-electron chi connectivity index (χ0n) is 26.6. The summed E-state index contributed by atoms with van der Waals surface area (Å²) in [7, 11) is 5.81. The molecule has 0 bridgehead atoms. The predicted octanol–water partition coefficient (Wildman–Crippen LogP) is 4.93. The number of amides is 2. The Labute approximate surface area is 257 Å². The van der Waals surface area contributed by atoms with Crippen molar-refractivity contribution in [3.8, 4) is 5.75 Å². The van der Waals surface area contributed by atoms with E-state index < -0.39 is 17.6 Å². The molecule has 9 heteroatoms. The minimum atomic E-state index is -0.987. The van der Waals surface area contributed by atoms with E-state index in [1.807, 2.05) is 38.1 Å². The molecule has 2 amide bonds. The number of nitrogens with one attached hydrogen (secondary N) is 1. The summed E-state index contributed by atoms with van der Waals surface area (Å²) in [5.41, 5.74) is 0.735. The number of ether oxygens (including phenoxy) is 1. The topological polar surface area (TPSA) is 119 Å². The van der Waals surface area contributed by atoms with E-state index in [1.165, 1.54) is 6.42 Å². The molecule has 3 atom stereocenters. The van der Waals surface area contributed by atoms with Crippen molar-refractivity contribution in [1.29, 1.82) is 0 Å². The minimum absolute atomic E-state index is 0.0800. The summed E-state index contributed by atoms with van der Waals surface area (Å²) in [4.78, 5) is 39.8. The Morgan fingerprint density at radius 2 is 1.70 bits per heavy atom. The summed E-state index contributed by atoms with van der Waals surface area (Å²) in [6.45, 7) is 6.07. The number of hydrogen-bond acceptors (Lipinski definition) is 6. The van der Waals surface area contributed by atoms with Gasteiger partial charge in [0.15, 0.2) is 0 Å². The first-order chi connectivity index (χ1) is 20.5. The van der Waals surface area contributed by atoms with Crippen LogP contribution in [0.25, 0.3) is 0 Å². The van der Waals surface area contributed by atoms with Crippen LogP contribution in [0.5, 0.6) is 5.75 Å². The average molecular weight is 598 g/mol. The van der Waals surface area contributed by atoms with Crippen LogP contribution < -0.4 is 10.1 Å². The van der Waals surface area contributed by atoms with Crippen LogP contribution in [0.15, 0.2) is 54.6 Å². The van der Waals surface area contributed by atoms with Crippen molar-refractivity contribution in [1.82, 2.24) is 15.1 Å². The molecule has 2 aromatic carbocycles. The molecule has 3 rings (SSSR count). The number of carboxylic acid groups (broad SMARTS) is 1. The second-order valence-corrected chi connectivity index (χ2v) is 11.5. The van der Waals surface area contributed by atoms with Crippen LogP contribution in [0.4, 0.5) is 0 Å². The van der Waals surface area contributed by atoms with Gasteiger partial charge < -0.3 is 30.1 Å². The highest BCUT2D eigenvalue weighted by Crippen LogP contribution is 2.42. The summed E-state index contributed by atoms with van der Waals surface area (Å²) < 4.78 is 5.29. The van der Waals surface area contributed by atoms with E-state index in [-0.39, 0.29) is 24.7 Å². The number of aliphatic carboxylic acids is 1. The van der Waals surface area contributed by atoms with Crippen molar-refractivity contribution in [3.05, 3.63) is 65.7 Å². The first kappa shape index (κ1) is 35.8. The summed E-state index contributed by atoms with van der Waals surface area (Å²) >= 11 is 0. The maximum atomic E-state index is 12.7. The number of carbonyl (C=O) groups is 3. The standard InChI is InChI=1S/C18H26N2O4.C16H25NO2/c1-3-12-20(13-4-2)18(24)15(10-11-16(21)22)19-17(23)14-8-6-5-7-9-14;1-17(2)12-14-7-4-5-10-16(14,18)13-8-6-9-15(11-13)19-3/h5-9,15H,3-4,10-13H2,1-2H3,(H,19,23)(H,21,22);6,8-9,11,14,18H,4-5,7,10,12H2,1-3H3/t;14-,16+/m.1/s1. The van der Waals surface area contributed by atoms with Crippen molar-refractivity contribution in [3.63, 3.8) is 0 Å². The molecule has 1 unspecified atom stereocenters. The van der Waals surface area contributed by atoms with Gasteiger partial charge in [0.25, 0.3) is 5.91 Å². The second kappa shape index (κ2) is 18.3. The van der Waals surface area contributed by atoms with E-state index >= 15 is 0 Å². The van der Waals surface area contributed by atoms with Crippen LogP contribution in [0.2, 0.25) is 0 Å². The monoisotopic (exact) mass is 597 g/mol. The molecular weight excluding hydrogens is 546 g/mol. The third kappa shape index (κ3) is 11.3. The van der Waals surface area contributed by atoms with Crippen LogP contribution in [0.3, 0.4) is 0 Å².